The molecule has 4 nitrogen and oxygen atoms in total. The second-order valence-electron chi connectivity index (χ2n) is 7.00. The SMILES string of the molecule is CN=C(NCC(C)(C)N(C)C)NC(C)CCCC(C)C. The van der Waals surface area contributed by atoms with Crippen LogP contribution in [0.4, 0.5) is 0 Å². The third kappa shape index (κ3) is 8.41. The summed E-state index contributed by atoms with van der Waals surface area (Å²) in [5.41, 5.74) is 0.110. The van der Waals surface area contributed by atoms with Gasteiger partial charge < -0.3 is 15.5 Å². The molecule has 0 spiro atoms. The van der Waals surface area contributed by atoms with Crippen molar-refractivity contribution in [2.75, 3.05) is 27.7 Å². The van der Waals surface area contributed by atoms with E-state index in [1.165, 1.54) is 19.3 Å². The predicted octanol–water partition coefficient (Wildman–Crippen LogP) is 2.71. The van der Waals surface area contributed by atoms with Crippen molar-refractivity contribution in [2.45, 2.75) is 65.5 Å². The van der Waals surface area contributed by atoms with Gasteiger partial charge in [0.15, 0.2) is 5.96 Å². The average Bonchev–Trinajstić information content (AvgIpc) is 2.33. The highest BCUT2D eigenvalue weighted by molar-refractivity contribution is 5.79. The van der Waals surface area contributed by atoms with Crippen molar-refractivity contribution < 1.29 is 0 Å². The summed E-state index contributed by atoms with van der Waals surface area (Å²) in [6.45, 7) is 12.1. The second kappa shape index (κ2) is 9.22. The molecule has 0 radical (unpaired) electrons. The summed E-state index contributed by atoms with van der Waals surface area (Å²) in [5.74, 6) is 1.69. The lowest BCUT2D eigenvalue weighted by molar-refractivity contribution is 0.197. The van der Waals surface area contributed by atoms with Crippen LogP contribution in [0.1, 0.15) is 53.9 Å². The molecule has 0 aromatic carbocycles. The maximum Gasteiger partial charge on any atom is 0.191 e. The number of likely N-dealkylation sites (N-methyl/N-ethyl adjacent to an activating group) is 1. The van der Waals surface area contributed by atoms with E-state index in [-0.39, 0.29) is 5.54 Å². The minimum Gasteiger partial charge on any atom is -0.355 e. The van der Waals surface area contributed by atoms with E-state index in [2.05, 4.69) is 69.2 Å². The Kier molecular flexibility index (Phi) is 8.86. The van der Waals surface area contributed by atoms with Crippen LogP contribution >= 0.6 is 0 Å². The first kappa shape index (κ1) is 19.2. The van der Waals surface area contributed by atoms with Crippen LogP contribution in [0.2, 0.25) is 0 Å². The lowest BCUT2D eigenvalue weighted by atomic mass is 10.0. The highest BCUT2D eigenvalue weighted by Gasteiger charge is 2.20. The lowest BCUT2D eigenvalue weighted by Crippen LogP contribution is -2.52. The molecule has 0 amide bonds. The fourth-order valence-electron chi connectivity index (χ4n) is 1.79. The third-order valence-corrected chi connectivity index (χ3v) is 3.92. The first-order chi connectivity index (χ1) is 9.19. The Balaban J connectivity index is 4.10. The van der Waals surface area contributed by atoms with Crippen LogP contribution in [-0.4, -0.2) is 50.1 Å². The number of rotatable bonds is 8. The molecule has 0 saturated heterocycles. The molecule has 1 atom stereocenters. The Bertz CT molecular complexity index is 282. The van der Waals surface area contributed by atoms with Crippen LogP contribution in [0.3, 0.4) is 0 Å². The molecular weight excluding hydrogens is 248 g/mol. The van der Waals surface area contributed by atoms with Gasteiger partial charge in [-0.15, -0.1) is 0 Å². The molecule has 0 heterocycles. The van der Waals surface area contributed by atoms with Gasteiger partial charge in [-0.3, -0.25) is 4.99 Å². The minimum atomic E-state index is 0.110. The zero-order valence-corrected chi connectivity index (χ0v) is 14.9. The molecule has 4 heteroatoms. The maximum atomic E-state index is 4.31. The van der Waals surface area contributed by atoms with Crippen LogP contribution in [0, 0.1) is 5.92 Å². The van der Waals surface area contributed by atoms with E-state index in [4.69, 9.17) is 0 Å². The van der Waals surface area contributed by atoms with E-state index < -0.39 is 0 Å². The van der Waals surface area contributed by atoms with Crippen molar-refractivity contribution in [2.24, 2.45) is 10.9 Å². The molecule has 1 unspecified atom stereocenters. The van der Waals surface area contributed by atoms with Crippen LogP contribution < -0.4 is 10.6 Å². The average molecular weight is 284 g/mol. The highest BCUT2D eigenvalue weighted by atomic mass is 15.2. The summed E-state index contributed by atoms with van der Waals surface area (Å²) < 4.78 is 0. The van der Waals surface area contributed by atoms with Gasteiger partial charge in [-0.25, -0.2) is 0 Å². The van der Waals surface area contributed by atoms with E-state index >= 15 is 0 Å². The van der Waals surface area contributed by atoms with Crippen LogP contribution in [0.5, 0.6) is 0 Å². The molecule has 0 bridgehead atoms. The number of nitrogens with zero attached hydrogens (tertiary/aromatic N) is 2. The minimum absolute atomic E-state index is 0.110. The van der Waals surface area contributed by atoms with Gasteiger partial charge in [-0.2, -0.15) is 0 Å². The summed E-state index contributed by atoms with van der Waals surface area (Å²) in [5, 5.41) is 6.89. The first-order valence-electron chi connectivity index (χ1n) is 7.83. The Hall–Kier alpha value is -0.770. The molecule has 0 aliphatic carbocycles. The first-order valence-corrected chi connectivity index (χ1v) is 7.83. The van der Waals surface area contributed by atoms with Crippen molar-refractivity contribution in [3.63, 3.8) is 0 Å². The van der Waals surface area contributed by atoms with Gasteiger partial charge in [-0.05, 0) is 47.2 Å². The van der Waals surface area contributed by atoms with Crippen LogP contribution in [-0.2, 0) is 0 Å². The summed E-state index contributed by atoms with van der Waals surface area (Å²) in [6.07, 6.45) is 3.76. The number of hydrogen-bond donors (Lipinski definition) is 2. The van der Waals surface area contributed by atoms with Crippen molar-refractivity contribution >= 4 is 5.96 Å². The van der Waals surface area contributed by atoms with Gasteiger partial charge in [0.1, 0.15) is 0 Å². The number of nitrogens with one attached hydrogen (secondary N) is 2. The Morgan fingerprint density at radius 3 is 2.20 bits per heavy atom. The van der Waals surface area contributed by atoms with Gasteiger partial charge in [0.05, 0.1) is 0 Å². The van der Waals surface area contributed by atoms with Crippen LogP contribution in [0.15, 0.2) is 4.99 Å². The molecular formula is C16H36N4. The molecule has 120 valence electrons. The molecule has 2 N–H and O–H groups in total. The normalized spacial score (nSPS) is 14.8. The van der Waals surface area contributed by atoms with Crippen LogP contribution in [0.25, 0.3) is 0 Å². The van der Waals surface area contributed by atoms with Gasteiger partial charge in [-0.1, -0.05) is 26.7 Å². The fraction of sp³-hybridized carbons (Fsp3) is 0.938. The molecule has 0 saturated carbocycles. The van der Waals surface area contributed by atoms with Crippen molar-refractivity contribution in [1.29, 1.82) is 0 Å². The largest absolute Gasteiger partial charge is 0.355 e. The molecule has 0 fully saturated rings. The van der Waals surface area contributed by atoms with Gasteiger partial charge in [0, 0.05) is 25.2 Å². The van der Waals surface area contributed by atoms with Crippen molar-refractivity contribution in [1.82, 2.24) is 15.5 Å². The van der Waals surface area contributed by atoms with Gasteiger partial charge >= 0.3 is 0 Å². The lowest BCUT2D eigenvalue weighted by Gasteiger charge is -2.33. The van der Waals surface area contributed by atoms with E-state index in [1.54, 1.807) is 0 Å². The molecule has 20 heavy (non-hydrogen) atoms. The Morgan fingerprint density at radius 2 is 1.75 bits per heavy atom. The van der Waals surface area contributed by atoms with E-state index in [1.807, 2.05) is 7.05 Å². The monoisotopic (exact) mass is 284 g/mol. The van der Waals surface area contributed by atoms with E-state index in [0.717, 1.165) is 18.4 Å². The molecule has 0 aromatic rings. The fourth-order valence-corrected chi connectivity index (χ4v) is 1.79. The summed E-state index contributed by atoms with van der Waals surface area (Å²) in [6, 6.07) is 0.461. The summed E-state index contributed by atoms with van der Waals surface area (Å²) in [7, 11) is 6.04. The number of hydrogen-bond acceptors (Lipinski definition) is 2. The summed E-state index contributed by atoms with van der Waals surface area (Å²) in [4.78, 5) is 6.53. The zero-order chi connectivity index (χ0) is 15.8. The van der Waals surface area contributed by atoms with Crippen molar-refractivity contribution in [3.8, 4) is 0 Å². The van der Waals surface area contributed by atoms with Gasteiger partial charge in [0.25, 0.3) is 0 Å². The van der Waals surface area contributed by atoms with Gasteiger partial charge in [0.2, 0.25) is 0 Å². The quantitative estimate of drug-likeness (QED) is 0.532. The highest BCUT2D eigenvalue weighted by Crippen LogP contribution is 2.09. The second-order valence-corrected chi connectivity index (χ2v) is 7.00. The number of guanidine groups is 1. The van der Waals surface area contributed by atoms with E-state index in [0.29, 0.717) is 6.04 Å². The molecule has 0 aliphatic rings. The smallest absolute Gasteiger partial charge is 0.191 e. The van der Waals surface area contributed by atoms with E-state index in [9.17, 15) is 0 Å². The standard InChI is InChI=1S/C16H36N4/c1-13(2)10-9-11-14(3)19-15(17-6)18-12-16(4,5)20(7)8/h13-14H,9-12H2,1-8H3,(H2,17,18,19). The molecule has 0 aliphatic heterocycles. The summed E-state index contributed by atoms with van der Waals surface area (Å²) >= 11 is 0. The Labute approximate surface area is 126 Å². The topological polar surface area (TPSA) is 39.7 Å². The zero-order valence-electron chi connectivity index (χ0n) is 14.9. The maximum absolute atomic E-state index is 4.31. The predicted molar refractivity (Wildman–Crippen MR) is 90.4 cm³/mol. The Morgan fingerprint density at radius 1 is 1.15 bits per heavy atom. The number of aliphatic imine (C=N–C) groups is 1. The third-order valence-electron chi connectivity index (χ3n) is 3.92. The molecule has 0 rings (SSSR count). The molecule has 0 aromatic heterocycles. The van der Waals surface area contributed by atoms with Crippen molar-refractivity contribution in [3.05, 3.63) is 0 Å².